The second-order valence-corrected chi connectivity index (χ2v) is 8.50. The van der Waals surface area contributed by atoms with Gasteiger partial charge in [-0.1, -0.05) is 36.4 Å². The van der Waals surface area contributed by atoms with Crippen molar-refractivity contribution < 1.29 is 4.79 Å². The van der Waals surface area contributed by atoms with Gasteiger partial charge in [-0.3, -0.25) is 4.79 Å². The van der Waals surface area contributed by atoms with Gasteiger partial charge in [-0.15, -0.1) is 0 Å². The Kier molecular flexibility index (Phi) is 5.65. The Morgan fingerprint density at radius 3 is 2.58 bits per heavy atom. The van der Waals surface area contributed by atoms with Crippen molar-refractivity contribution in [3.8, 4) is 11.3 Å². The van der Waals surface area contributed by atoms with E-state index in [1.165, 1.54) is 30.4 Å². The molecular weight excluding hydrogens is 384 g/mol. The maximum Gasteiger partial charge on any atom is 0.251 e. The van der Waals surface area contributed by atoms with Crippen LogP contribution in [0.5, 0.6) is 0 Å². The number of carbonyl (C=O) groups excluding carboxylic acids is 1. The highest BCUT2D eigenvalue weighted by Gasteiger charge is 2.22. The van der Waals surface area contributed by atoms with E-state index in [4.69, 9.17) is 0 Å². The zero-order valence-electron chi connectivity index (χ0n) is 17.8. The average Bonchev–Trinajstić information content (AvgIpc) is 2.85. The molecule has 0 radical (unpaired) electrons. The summed E-state index contributed by atoms with van der Waals surface area (Å²) in [4.78, 5) is 24.1. The second-order valence-electron chi connectivity index (χ2n) is 8.50. The molecule has 5 heteroatoms. The molecule has 1 amide bonds. The lowest BCUT2D eigenvalue weighted by Crippen LogP contribution is -2.30. The molecule has 1 aromatic heterocycles. The quantitative estimate of drug-likeness (QED) is 0.659. The lowest BCUT2D eigenvalue weighted by atomic mass is 9.87. The predicted octanol–water partition coefficient (Wildman–Crippen LogP) is 4.94. The summed E-state index contributed by atoms with van der Waals surface area (Å²) in [6, 6.07) is 18.3. The molecule has 158 valence electrons. The topological polar surface area (TPSA) is 58.1 Å². The van der Waals surface area contributed by atoms with Gasteiger partial charge >= 0.3 is 0 Å². The van der Waals surface area contributed by atoms with Crippen molar-refractivity contribution >= 4 is 11.7 Å². The minimum absolute atomic E-state index is 0.0232. The Labute approximate surface area is 183 Å². The Morgan fingerprint density at radius 1 is 0.935 bits per heavy atom. The van der Waals surface area contributed by atoms with Crippen molar-refractivity contribution in [1.29, 1.82) is 0 Å². The Morgan fingerprint density at radius 2 is 1.74 bits per heavy atom. The monoisotopic (exact) mass is 412 g/mol. The van der Waals surface area contributed by atoms with E-state index < -0.39 is 0 Å². The zero-order chi connectivity index (χ0) is 21.0. The fraction of sp³-hybridized carbons (Fsp3) is 0.346. The molecule has 5 rings (SSSR count). The minimum Gasteiger partial charge on any atom is -0.357 e. The molecule has 0 saturated carbocycles. The summed E-state index contributed by atoms with van der Waals surface area (Å²) >= 11 is 0. The zero-order valence-corrected chi connectivity index (χ0v) is 17.8. The Bertz CT molecular complexity index is 1060. The van der Waals surface area contributed by atoms with E-state index >= 15 is 0 Å². The number of aryl methyl sites for hydroxylation is 1. The van der Waals surface area contributed by atoms with Gasteiger partial charge in [-0.25, -0.2) is 9.97 Å². The van der Waals surface area contributed by atoms with Crippen molar-refractivity contribution in [2.24, 2.45) is 0 Å². The van der Waals surface area contributed by atoms with Crippen molar-refractivity contribution in [2.75, 3.05) is 18.0 Å². The number of aromatic nitrogens is 2. The van der Waals surface area contributed by atoms with Gasteiger partial charge in [0, 0.05) is 30.3 Å². The predicted molar refractivity (Wildman–Crippen MR) is 123 cm³/mol. The smallest absolute Gasteiger partial charge is 0.251 e. The van der Waals surface area contributed by atoms with E-state index in [1.54, 1.807) is 6.33 Å². The normalized spacial score (nSPS) is 18.3. The Balaban J connectivity index is 1.30. The van der Waals surface area contributed by atoms with Crippen LogP contribution >= 0.6 is 0 Å². The van der Waals surface area contributed by atoms with E-state index in [0.29, 0.717) is 5.56 Å². The first-order valence-electron chi connectivity index (χ1n) is 11.3. The summed E-state index contributed by atoms with van der Waals surface area (Å²) in [7, 11) is 0. The van der Waals surface area contributed by atoms with E-state index in [0.717, 1.165) is 49.4 Å². The van der Waals surface area contributed by atoms with Crippen LogP contribution in [0.4, 0.5) is 5.82 Å². The van der Waals surface area contributed by atoms with Crippen LogP contribution in [0.25, 0.3) is 11.3 Å². The van der Waals surface area contributed by atoms with Crippen LogP contribution < -0.4 is 10.2 Å². The molecule has 1 unspecified atom stereocenters. The number of hydrogen-bond acceptors (Lipinski definition) is 4. The van der Waals surface area contributed by atoms with Gasteiger partial charge < -0.3 is 10.2 Å². The average molecular weight is 413 g/mol. The van der Waals surface area contributed by atoms with Crippen molar-refractivity contribution in [3.63, 3.8) is 0 Å². The van der Waals surface area contributed by atoms with Gasteiger partial charge in [0.05, 0.1) is 11.7 Å². The molecule has 0 spiro atoms. The van der Waals surface area contributed by atoms with Gasteiger partial charge in [0.15, 0.2) is 0 Å². The van der Waals surface area contributed by atoms with Gasteiger partial charge in [0.25, 0.3) is 5.91 Å². The summed E-state index contributed by atoms with van der Waals surface area (Å²) in [6.45, 7) is 2.11. The molecule has 2 aromatic carbocycles. The van der Waals surface area contributed by atoms with Gasteiger partial charge in [0.1, 0.15) is 12.1 Å². The maximum absolute atomic E-state index is 12.9. The molecule has 2 heterocycles. The van der Waals surface area contributed by atoms with Crippen molar-refractivity contribution in [2.45, 2.75) is 44.6 Å². The van der Waals surface area contributed by atoms with Crippen molar-refractivity contribution in [3.05, 3.63) is 77.6 Å². The molecule has 1 saturated heterocycles. The van der Waals surface area contributed by atoms with Crippen LogP contribution in [-0.2, 0) is 6.42 Å². The SMILES string of the molecule is O=C(NC1CCCc2ccccc21)c1ccc(-c2cc(N3CCCCC3)ncn2)cc1. The molecule has 3 aromatic rings. The standard InChI is InChI=1S/C26H28N4O/c31-26(29-23-10-6-8-19-7-2-3-9-22(19)23)21-13-11-20(12-14-21)24-17-25(28-18-27-24)30-15-4-1-5-16-30/h2-3,7,9,11-14,17-18,23H,1,4-6,8,10,15-16H2,(H,29,31). The molecule has 5 nitrogen and oxygen atoms in total. The van der Waals surface area contributed by atoms with E-state index in [9.17, 15) is 4.79 Å². The number of rotatable bonds is 4. The van der Waals surface area contributed by atoms with Crippen LogP contribution in [0.3, 0.4) is 0 Å². The second kappa shape index (κ2) is 8.88. The van der Waals surface area contributed by atoms with E-state index in [-0.39, 0.29) is 11.9 Å². The maximum atomic E-state index is 12.9. The van der Waals surface area contributed by atoms with Gasteiger partial charge in [-0.2, -0.15) is 0 Å². The largest absolute Gasteiger partial charge is 0.357 e. The first-order chi connectivity index (χ1) is 15.3. The molecule has 1 aliphatic heterocycles. The molecule has 1 N–H and O–H groups in total. The van der Waals surface area contributed by atoms with Crippen LogP contribution in [-0.4, -0.2) is 29.0 Å². The van der Waals surface area contributed by atoms with E-state index in [2.05, 4.69) is 50.5 Å². The summed E-state index contributed by atoms with van der Waals surface area (Å²) < 4.78 is 0. The third kappa shape index (κ3) is 4.31. The van der Waals surface area contributed by atoms with Crippen LogP contribution in [0.1, 0.15) is 59.6 Å². The minimum atomic E-state index is -0.0232. The number of hydrogen-bond donors (Lipinski definition) is 1. The highest BCUT2D eigenvalue weighted by molar-refractivity contribution is 5.95. The molecule has 1 fully saturated rings. The van der Waals surface area contributed by atoms with E-state index in [1.807, 2.05) is 24.3 Å². The lowest BCUT2D eigenvalue weighted by Gasteiger charge is -2.27. The first kappa shape index (κ1) is 19.7. The molecule has 1 atom stereocenters. The fourth-order valence-electron chi connectivity index (χ4n) is 4.74. The number of nitrogens with zero attached hydrogens (tertiary/aromatic N) is 3. The number of anilines is 1. The van der Waals surface area contributed by atoms with Crippen molar-refractivity contribution in [1.82, 2.24) is 15.3 Å². The molecule has 0 bridgehead atoms. The van der Waals surface area contributed by atoms with Gasteiger partial charge in [-0.05, 0) is 61.8 Å². The van der Waals surface area contributed by atoms with Crippen LogP contribution in [0, 0.1) is 0 Å². The number of fused-ring (bicyclic) bond motifs is 1. The highest BCUT2D eigenvalue weighted by Crippen LogP contribution is 2.30. The summed E-state index contributed by atoms with van der Waals surface area (Å²) in [6.07, 6.45) is 8.55. The third-order valence-corrected chi connectivity index (χ3v) is 6.45. The summed E-state index contributed by atoms with van der Waals surface area (Å²) in [5, 5.41) is 3.23. The Hall–Kier alpha value is -3.21. The van der Waals surface area contributed by atoms with Gasteiger partial charge in [0.2, 0.25) is 0 Å². The first-order valence-corrected chi connectivity index (χ1v) is 11.3. The molecular formula is C26H28N4O. The fourth-order valence-corrected chi connectivity index (χ4v) is 4.74. The number of piperidine rings is 1. The highest BCUT2D eigenvalue weighted by atomic mass is 16.1. The molecule has 31 heavy (non-hydrogen) atoms. The number of benzene rings is 2. The lowest BCUT2D eigenvalue weighted by molar-refractivity contribution is 0.0933. The summed E-state index contributed by atoms with van der Waals surface area (Å²) in [5.41, 5.74) is 5.17. The number of nitrogens with one attached hydrogen (secondary N) is 1. The van der Waals surface area contributed by atoms with Crippen LogP contribution in [0.2, 0.25) is 0 Å². The third-order valence-electron chi connectivity index (χ3n) is 6.45. The molecule has 1 aliphatic carbocycles. The summed E-state index contributed by atoms with van der Waals surface area (Å²) in [5.74, 6) is 0.965. The number of amides is 1. The number of carbonyl (C=O) groups is 1. The van der Waals surface area contributed by atoms with Crippen LogP contribution in [0.15, 0.2) is 60.9 Å². The molecule has 2 aliphatic rings.